The molecule has 0 saturated carbocycles. The van der Waals surface area contributed by atoms with Crippen LogP contribution in [0.4, 0.5) is 13.2 Å². The van der Waals surface area contributed by atoms with E-state index in [0.29, 0.717) is 18.2 Å². The first-order chi connectivity index (χ1) is 9.54. The van der Waals surface area contributed by atoms with Crippen LogP contribution in [-0.4, -0.2) is 38.5 Å². The minimum atomic E-state index is -4.77. The number of carbonyl (C=O) groups is 2. The number of carboxylic acid groups (broad SMARTS) is 2. The lowest BCUT2D eigenvalue weighted by molar-refractivity contribution is -0.141. The molecule has 0 aliphatic carbocycles. The van der Waals surface area contributed by atoms with Crippen molar-refractivity contribution in [3.63, 3.8) is 0 Å². The number of rotatable bonds is 5. The van der Waals surface area contributed by atoms with Crippen LogP contribution in [-0.2, 0) is 11.0 Å². The van der Waals surface area contributed by atoms with Crippen molar-refractivity contribution < 1.29 is 43.2 Å². The molecule has 0 spiro atoms. The van der Waals surface area contributed by atoms with E-state index in [4.69, 9.17) is 10.2 Å². The molecule has 4 N–H and O–H groups in total. The highest BCUT2D eigenvalue weighted by Gasteiger charge is 2.33. The highest BCUT2D eigenvalue weighted by molar-refractivity contribution is 5.90. The van der Waals surface area contributed by atoms with E-state index < -0.39 is 53.4 Å². The van der Waals surface area contributed by atoms with Gasteiger partial charge >= 0.3 is 18.1 Å². The zero-order chi connectivity index (χ0) is 16.4. The molecule has 21 heavy (non-hydrogen) atoms. The number of hydrogen-bond acceptors (Lipinski definition) is 4. The van der Waals surface area contributed by atoms with Crippen molar-refractivity contribution in [1.82, 2.24) is 0 Å². The van der Waals surface area contributed by atoms with Crippen molar-refractivity contribution in [1.29, 1.82) is 0 Å². The highest BCUT2D eigenvalue weighted by Crippen LogP contribution is 2.32. The Morgan fingerprint density at radius 2 is 1.71 bits per heavy atom. The van der Waals surface area contributed by atoms with Gasteiger partial charge in [0.1, 0.15) is 6.10 Å². The summed E-state index contributed by atoms with van der Waals surface area (Å²) < 4.78 is 37.5. The van der Waals surface area contributed by atoms with Crippen molar-refractivity contribution in [2.45, 2.75) is 24.8 Å². The Bertz CT molecular complexity index is 554. The summed E-state index contributed by atoms with van der Waals surface area (Å²) in [6.45, 7) is 0. The summed E-state index contributed by atoms with van der Waals surface area (Å²) in [4.78, 5) is 21.4. The molecule has 116 valence electrons. The zero-order valence-electron chi connectivity index (χ0n) is 10.3. The molecule has 1 aromatic rings. The standard InChI is InChI=1S/C12H11F3O6/c13-12(14,15)5-1-2-6(7(3-5)11(20)21)10(19)8(16)4-9(17)18/h1-3,8,10,16,19H,4H2,(H,17,18)(H,20,21). The Labute approximate surface area is 116 Å². The molecule has 0 aliphatic heterocycles. The Hall–Kier alpha value is -2.13. The van der Waals surface area contributed by atoms with E-state index >= 15 is 0 Å². The summed E-state index contributed by atoms with van der Waals surface area (Å²) in [7, 11) is 0. The van der Waals surface area contributed by atoms with E-state index in [9.17, 15) is 33.0 Å². The van der Waals surface area contributed by atoms with Crippen LogP contribution >= 0.6 is 0 Å². The van der Waals surface area contributed by atoms with Crippen molar-refractivity contribution >= 4 is 11.9 Å². The number of alkyl halides is 3. The number of halogens is 3. The van der Waals surface area contributed by atoms with Gasteiger partial charge in [-0.15, -0.1) is 0 Å². The lowest BCUT2D eigenvalue weighted by Gasteiger charge is -2.19. The van der Waals surface area contributed by atoms with Crippen molar-refractivity contribution in [3.05, 3.63) is 34.9 Å². The van der Waals surface area contributed by atoms with E-state index in [-0.39, 0.29) is 0 Å². The number of carboxylic acids is 2. The van der Waals surface area contributed by atoms with Crippen molar-refractivity contribution in [2.24, 2.45) is 0 Å². The third-order valence-corrected chi connectivity index (χ3v) is 2.68. The Kier molecular flexibility index (Phi) is 4.92. The van der Waals surface area contributed by atoms with E-state index in [1.54, 1.807) is 0 Å². The van der Waals surface area contributed by atoms with Crippen LogP contribution in [0, 0.1) is 0 Å². The molecule has 0 fully saturated rings. The van der Waals surface area contributed by atoms with Crippen LogP contribution in [0.3, 0.4) is 0 Å². The minimum absolute atomic E-state index is 0.314. The predicted octanol–water partition coefficient (Wildman–Crippen LogP) is 1.27. The summed E-state index contributed by atoms with van der Waals surface area (Å²) in [5.41, 5.74) is -2.59. The van der Waals surface area contributed by atoms with Crippen molar-refractivity contribution in [2.75, 3.05) is 0 Å². The second-order valence-corrected chi connectivity index (χ2v) is 4.21. The lowest BCUT2D eigenvalue weighted by Crippen LogP contribution is -2.24. The van der Waals surface area contributed by atoms with Gasteiger partial charge in [-0.2, -0.15) is 13.2 Å². The molecule has 6 nitrogen and oxygen atoms in total. The quantitative estimate of drug-likeness (QED) is 0.651. The number of aliphatic hydroxyl groups excluding tert-OH is 2. The fourth-order valence-corrected chi connectivity index (χ4v) is 1.67. The Morgan fingerprint density at radius 3 is 2.14 bits per heavy atom. The van der Waals surface area contributed by atoms with Crippen LogP contribution in [0.15, 0.2) is 18.2 Å². The lowest BCUT2D eigenvalue weighted by atomic mass is 9.95. The second kappa shape index (κ2) is 6.10. The molecule has 1 aromatic carbocycles. The molecule has 0 radical (unpaired) electrons. The number of hydrogen-bond donors (Lipinski definition) is 4. The molecule has 2 unspecified atom stereocenters. The van der Waals surface area contributed by atoms with E-state index in [0.717, 1.165) is 0 Å². The van der Waals surface area contributed by atoms with Gasteiger partial charge in [0.2, 0.25) is 0 Å². The fourth-order valence-electron chi connectivity index (χ4n) is 1.67. The summed E-state index contributed by atoms with van der Waals surface area (Å²) >= 11 is 0. The first-order valence-corrected chi connectivity index (χ1v) is 5.56. The monoisotopic (exact) mass is 308 g/mol. The van der Waals surface area contributed by atoms with Gasteiger partial charge < -0.3 is 20.4 Å². The van der Waals surface area contributed by atoms with Crippen molar-refractivity contribution in [3.8, 4) is 0 Å². The predicted molar refractivity (Wildman–Crippen MR) is 61.6 cm³/mol. The van der Waals surface area contributed by atoms with Gasteiger partial charge in [0.25, 0.3) is 0 Å². The maximum Gasteiger partial charge on any atom is 0.416 e. The Balaban J connectivity index is 3.24. The number of aliphatic carboxylic acids is 1. The summed E-state index contributed by atoms with van der Waals surface area (Å²) in [5, 5.41) is 36.5. The molecule has 0 heterocycles. The largest absolute Gasteiger partial charge is 0.481 e. The fraction of sp³-hybridized carbons (Fsp3) is 0.333. The molecule has 1 rings (SSSR count). The van der Waals surface area contributed by atoms with E-state index in [1.807, 2.05) is 0 Å². The zero-order valence-corrected chi connectivity index (χ0v) is 10.3. The molecule has 0 bridgehead atoms. The highest BCUT2D eigenvalue weighted by atomic mass is 19.4. The molecule has 9 heteroatoms. The molecular weight excluding hydrogens is 297 g/mol. The van der Waals surface area contributed by atoms with Crippen LogP contribution in [0.1, 0.15) is 34.0 Å². The summed E-state index contributed by atoms with van der Waals surface area (Å²) in [6, 6.07) is 1.55. The second-order valence-electron chi connectivity index (χ2n) is 4.21. The first kappa shape index (κ1) is 16.9. The molecule has 0 amide bonds. The molecular formula is C12H11F3O6. The summed E-state index contributed by atoms with van der Waals surface area (Å²) in [5.74, 6) is -3.19. The van der Waals surface area contributed by atoms with E-state index in [2.05, 4.69) is 0 Å². The van der Waals surface area contributed by atoms with Crippen LogP contribution < -0.4 is 0 Å². The molecule has 2 atom stereocenters. The number of aliphatic hydroxyl groups is 2. The molecule has 0 aliphatic rings. The van der Waals surface area contributed by atoms with Crippen LogP contribution in [0.2, 0.25) is 0 Å². The van der Waals surface area contributed by atoms with Gasteiger partial charge in [0, 0.05) is 0 Å². The van der Waals surface area contributed by atoms with Gasteiger partial charge in [0.15, 0.2) is 0 Å². The maximum atomic E-state index is 12.5. The number of aromatic carboxylic acids is 1. The van der Waals surface area contributed by atoms with Crippen LogP contribution in [0.5, 0.6) is 0 Å². The SMILES string of the molecule is O=C(O)CC(O)C(O)c1ccc(C(F)(F)F)cc1C(=O)O. The van der Waals surface area contributed by atoms with E-state index in [1.165, 1.54) is 0 Å². The third kappa shape index (κ3) is 4.17. The smallest absolute Gasteiger partial charge is 0.416 e. The van der Waals surface area contributed by atoms with Gasteiger partial charge in [-0.05, 0) is 17.7 Å². The van der Waals surface area contributed by atoms with Gasteiger partial charge in [-0.25, -0.2) is 4.79 Å². The maximum absolute atomic E-state index is 12.5. The topological polar surface area (TPSA) is 115 Å². The van der Waals surface area contributed by atoms with Gasteiger partial charge in [-0.3, -0.25) is 4.79 Å². The Morgan fingerprint density at radius 1 is 1.14 bits per heavy atom. The summed E-state index contributed by atoms with van der Waals surface area (Å²) in [6.07, 6.45) is -9.44. The van der Waals surface area contributed by atoms with Gasteiger partial charge in [0.05, 0.1) is 23.7 Å². The van der Waals surface area contributed by atoms with Gasteiger partial charge in [-0.1, -0.05) is 6.07 Å². The van der Waals surface area contributed by atoms with Crippen LogP contribution in [0.25, 0.3) is 0 Å². The normalized spacial score (nSPS) is 14.5. The average Bonchev–Trinajstić information content (AvgIpc) is 2.35. The molecule has 0 saturated heterocycles. The first-order valence-electron chi connectivity index (χ1n) is 5.56. The third-order valence-electron chi connectivity index (χ3n) is 2.68. The molecule has 0 aromatic heterocycles. The number of benzene rings is 1. The minimum Gasteiger partial charge on any atom is -0.481 e. The average molecular weight is 308 g/mol.